The molecule has 0 aliphatic carbocycles. The molecule has 0 saturated carbocycles. The van der Waals surface area contributed by atoms with Crippen LogP contribution in [0.2, 0.25) is 0 Å². The van der Waals surface area contributed by atoms with Crippen LogP contribution < -0.4 is 0 Å². The van der Waals surface area contributed by atoms with E-state index in [1.165, 1.54) is 16.7 Å². The number of carbonyl (C=O) groups excluding carboxylic acids is 2. The molecule has 0 aromatic heterocycles. The zero-order valence-electron chi connectivity index (χ0n) is 14.7. The molecule has 0 spiro atoms. The molecule has 0 radical (unpaired) electrons. The number of thioether (sulfide) groups is 1. The second kappa shape index (κ2) is 9.15. The minimum absolute atomic E-state index is 0.232. The normalized spacial score (nSPS) is 20.8. The summed E-state index contributed by atoms with van der Waals surface area (Å²) in [6.45, 7) is 7.37. The average molecular weight is 361 g/mol. The average Bonchev–Trinajstić information content (AvgIpc) is 2.86. The lowest BCUT2D eigenvalue weighted by molar-refractivity contribution is -0.143. The number of hydrogen-bond donors (Lipinski definition) is 1. The third kappa shape index (κ3) is 6.59. The molecule has 1 aliphatic rings. The van der Waals surface area contributed by atoms with Gasteiger partial charge < -0.3 is 14.6 Å². The molecule has 0 bridgehead atoms. The van der Waals surface area contributed by atoms with Crippen molar-refractivity contribution < 1.29 is 29.0 Å². The van der Waals surface area contributed by atoms with Crippen LogP contribution in [0, 0.1) is 0 Å². The van der Waals surface area contributed by atoms with E-state index in [2.05, 4.69) is 0 Å². The summed E-state index contributed by atoms with van der Waals surface area (Å²) in [7, 11) is 0. The van der Waals surface area contributed by atoms with Gasteiger partial charge in [-0.1, -0.05) is 0 Å². The molecular formula is C16H27NO6S. The number of rotatable bonds is 7. The van der Waals surface area contributed by atoms with Gasteiger partial charge in [0.2, 0.25) is 0 Å². The number of carboxylic acids is 1. The number of ether oxygens (including phenoxy) is 2. The van der Waals surface area contributed by atoms with E-state index in [0.29, 0.717) is 38.0 Å². The van der Waals surface area contributed by atoms with Crippen molar-refractivity contribution in [2.75, 3.05) is 12.4 Å². The lowest BCUT2D eigenvalue weighted by Crippen LogP contribution is -2.47. The summed E-state index contributed by atoms with van der Waals surface area (Å²) in [6.07, 6.45) is 1.71. The Morgan fingerprint density at radius 1 is 1.25 bits per heavy atom. The van der Waals surface area contributed by atoms with E-state index in [-0.39, 0.29) is 11.3 Å². The second-order valence-corrected chi connectivity index (χ2v) is 7.79. The highest BCUT2D eigenvalue weighted by molar-refractivity contribution is 8.00. The predicted molar refractivity (Wildman–Crippen MR) is 90.8 cm³/mol. The maximum atomic E-state index is 12.4. The Kier molecular flexibility index (Phi) is 7.86. The Morgan fingerprint density at radius 2 is 1.92 bits per heavy atom. The van der Waals surface area contributed by atoms with Gasteiger partial charge in [0.05, 0.1) is 12.0 Å². The van der Waals surface area contributed by atoms with Crippen LogP contribution in [0.15, 0.2) is 0 Å². The molecule has 1 amide bonds. The van der Waals surface area contributed by atoms with Gasteiger partial charge in [-0.2, -0.15) is 0 Å². The van der Waals surface area contributed by atoms with Crippen LogP contribution in [0.1, 0.15) is 53.4 Å². The molecular weight excluding hydrogens is 334 g/mol. The Labute approximate surface area is 147 Å². The van der Waals surface area contributed by atoms with Crippen LogP contribution in [0.5, 0.6) is 0 Å². The van der Waals surface area contributed by atoms with E-state index in [9.17, 15) is 19.5 Å². The van der Waals surface area contributed by atoms with Gasteiger partial charge >= 0.3 is 18.0 Å². The van der Waals surface area contributed by atoms with E-state index in [1.807, 2.05) is 0 Å². The Hall–Kier alpha value is -1.44. The molecule has 1 unspecified atom stereocenters. The van der Waals surface area contributed by atoms with E-state index >= 15 is 0 Å². The summed E-state index contributed by atoms with van der Waals surface area (Å²) < 4.78 is 10.2. The van der Waals surface area contributed by atoms with Crippen molar-refractivity contribution >= 4 is 29.8 Å². The van der Waals surface area contributed by atoms with Crippen molar-refractivity contribution in [1.82, 2.24) is 4.90 Å². The van der Waals surface area contributed by atoms with Crippen molar-refractivity contribution in [3.63, 3.8) is 0 Å². The van der Waals surface area contributed by atoms with Crippen molar-refractivity contribution in [1.29, 1.82) is 0 Å². The van der Waals surface area contributed by atoms with E-state index < -0.39 is 23.7 Å². The molecule has 0 aromatic rings. The van der Waals surface area contributed by atoms with Crippen molar-refractivity contribution in [3.8, 4) is 0 Å². The first-order chi connectivity index (χ1) is 11.2. The van der Waals surface area contributed by atoms with Gasteiger partial charge in [0.15, 0.2) is 0 Å². The standard InChI is InChI=1S/C16H27NO6S/c1-5-22-13(18)9-7-6-8-12-17(11(10-24-12)14(19)20)15(21)23-16(2,3)4/h11-12H,5-10H2,1-4H3,(H,19,20)/t11-,12?/m0/s1. The fourth-order valence-corrected chi connectivity index (χ4v) is 3.79. The van der Waals surface area contributed by atoms with Crippen LogP contribution in [-0.4, -0.2) is 57.4 Å². The quantitative estimate of drug-likeness (QED) is 0.550. The second-order valence-electron chi connectivity index (χ2n) is 6.58. The Balaban J connectivity index is 2.59. The molecule has 24 heavy (non-hydrogen) atoms. The van der Waals surface area contributed by atoms with Crippen molar-refractivity contribution in [3.05, 3.63) is 0 Å². The molecule has 1 rings (SSSR count). The third-order valence-electron chi connectivity index (χ3n) is 3.37. The SMILES string of the molecule is CCOC(=O)CCCCC1SC[C@@H](C(=O)O)N1C(=O)OC(C)(C)C. The van der Waals surface area contributed by atoms with E-state index in [1.54, 1.807) is 27.7 Å². The van der Waals surface area contributed by atoms with Gasteiger partial charge in [0.25, 0.3) is 0 Å². The van der Waals surface area contributed by atoms with Crippen LogP contribution >= 0.6 is 11.8 Å². The lowest BCUT2D eigenvalue weighted by atomic mass is 10.1. The lowest BCUT2D eigenvalue weighted by Gasteiger charge is -2.30. The summed E-state index contributed by atoms with van der Waals surface area (Å²) in [5, 5.41) is 9.08. The van der Waals surface area contributed by atoms with Gasteiger partial charge in [-0.3, -0.25) is 9.69 Å². The highest BCUT2D eigenvalue weighted by Gasteiger charge is 2.43. The van der Waals surface area contributed by atoms with E-state index in [0.717, 1.165) is 0 Å². The first kappa shape index (κ1) is 20.6. The van der Waals surface area contributed by atoms with Gasteiger partial charge in [-0.15, -0.1) is 11.8 Å². The molecule has 1 N–H and O–H groups in total. The number of amides is 1. The Morgan fingerprint density at radius 3 is 2.46 bits per heavy atom. The van der Waals surface area contributed by atoms with Gasteiger partial charge in [-0.25, -0.2) is 9.59 Å². The van der Waals surface area contributed by atoms with Gasteiger partial charge in [-0.05, 0) is 47.0 Å². The van der Waals surface area contributed by atoms with Crippen LogP contribution in [-0.2, 0) is 19.1 Å². The number of nitrogens with zero attached hydrogens (tertiary/aromatic N) is 1. The predicted octanol–water partition coefficient (Wildman–Crippen LogP) is 2.87. The van der Waals surface area contributed by atoms with Crippen LogP contribution in [0.3, 0.4) is 0 Å². The summed E-state index contributed by atoms with van der Waals surface area (Å²) in [6, 6.07) is -0.875. The largest absolute Gasteiger partial charge is 0.480 e. The highest BCUT2D eigenvalue weighted by atomic mass is 32.2. The van der Waals surface area contributed by atoms with Gasteiger partial charge in [0.1, 0.15) is 11.6 Å². The highest BCUT2D eigenvalue weighted by Crippen LogP contribution is 2.34. The number of carboxylic acid groups (broad SMARTS) is 1. The van der Waals surface area contributed by atoms with Crippen LogP contribution in [0.4, 0.5) is 4.79 Å². The first-order valence-corrected chi connectivity index (χ1v) is 9.22. The Bertz CT molecular complexity index is 462. The summed E-state index contributed by atoms with van der Waals surface area (Å²) in [4.78, 5) is 36.4. The van der Waals surface area contributed by atoms with E-state index in [4.69, 9.17) is 9.47 Å². The maximum absolute atomic E-state index is 12.4. The summed E-state index contributed by atoms with van der Waals surface area (Å²) >= 11 is 1.44. The fraction of sp³-hybridized carbons (Fsp3) is 0.812. The maximum Gasteiger partial charge on any atom is 0.411 e. The smallest absolute Gasteiger partial charge is 0.411 e. The molecule has 1 aliphatic heterocycles. The third-order valence-corrected chi connectivity index (χ3v) is 4.72. The fourth-order valence-electron chi connectivity index (χ4n) is 2.36. The summed E-state index contributed by atoms with van der Waals surface area (Å²) in [5.74, 6) is -0.914. The number of unbranched alkanes of at least 4 members (excludes halogenated alkanes) is 1. The van der Waals surface area contributed by atoms with Gasteiger partial charge in [0, 0.05) is 12.2 Å². The molecule has 7 nitrogen and oxygen atoms in total. The van der Waals surface area contributed by atoms with Crippen LogP contribution in [0.25, 0.3) is 0 Å². The van der Waals surface area contributed by atoms with Crippen molar-refractivity contribution in [2.24, 2.45) is 0 Å². The molecule has 0 aromatic carbocycles. The number of carbonyl (C=O) groups is 3. The zero-order chi connectivity index (χ0) is 18.3. The molecule has 2 atom stereocenters. The summed E-state index contributed by atoms with van der Waals surface area (Å²) in [5.41, 5.74) is -0.679. The molecule has 138 valence electrons. The molecule has 1 heterocycles. The van der Waals surface area contributed by atoms with Crippen molar-refractivity contribution in [2.45, 2.75) is 70.4 Å². The monoisotopic (exact) mass is 361 g/mol. The molecule has 1 fully saturated rings. The topological polar surface area (TPSA) is 93.1 Å². The molecule has 1 saturated heterocycles. The minimum atomic E-state index is -1.03. The zero-order valence-corrected chi connectivity index (χ0v) is 15.6. The number of hydrogen-bond acceptors (Lipinski definition) is 6. The number of aliphatic carboxylic acids is 1. The first-order valence-electron chi connectivity index (χ1n) is 8.17. The molecule has 8 heteroatoms. The number of esters is 1. The minimum Gasteiger partial charge on any atom is -0.480 e.